The number of nitrogens with zero attached hydrogens (tertiary/aromatic N) is 1. The molecule has 29 heavy (non-hydrogen) atoms. The van der Waals surface area contributed by atoms with Crippen LogP contribution in [0.25, 0.3) is 0 Å². The van der Waals surface area contributed by atoms with Gasteiger partial charge in [-0.05, 0) is 37.3 Å². The molecule has 0 saturated carbocycles. The molecule has 1 heterocycles. The van der Waals surface area contributed by atoms with E-state index in [-0.39, 0.29) is 30.8 Å². The third-order valence-electron chi connectivity index (χ3n) is 5.07. The van der Waals surface area contributed by atoms with Crippen molar-refractivity contribution in [3.63, 3.8) is 0 Å². The summed E-state index contributed by atoms with van der Waals surface area (Å²) < 4.78 is 0. The van der Waals surface area contributed by atoms with Crippen LogP contribution in [0, 0.1) is 0 Å². The third kappa shape index (κ3) is 5.91. The van der Waals surface area contributed by atoms with E-state index in [1.165, 1.54) is 10.5 Å². The van der Waals surface area contributed by atoms with Crippen molar-refractivity contribution in [2.24, 2.45) is 0 Å². The summed E-state index contributed by atoms with van der Waals surface area (Å²) >= 11 is 0. The predicted molar refractivity (Wildman–Crippen MR) is 111 cm³/mol. The summed E-state index contributed by atoms with van der Waals surface area (Å²) in [4.78, 5) is 38.1. The van der Waals surface area contributed by atoms with E-state index in [4.69, 9.17) is 0 Å². The fourth-order valence-electron chi connectivity index (χ4n) is 3.41. The Balaban J connectivity index is 1.41. The summed E-state index contributed by atoms with van der Waals surface area (Å²) in [5.74, 6) is -0.377. The fraction of sp³-hybridized carbons (Fsp3) is 0.348. The normalized spacial score (nSPS) is 17.1. The summed E-state index contributed by atoms with van der Waals surface area (Å²) in [6, 6.07) is 18.5. The van der Waals surface area contributed by atoms with E-state index in [9.17, 15) is 14.4 Å². The first-order valence-corrected chi connectivity index (χ1v) is 10.0. The SMILES string of the molecule is CC(CCc1ccccc1)NC(=O)CC[C@@H]1NC(=O)N(Cc2ccccc2)C1=O. The van der Waals surface area contributed by atoms with Crippen LogP contribution in [-0.4, -0.2) is 34.8 Å². The van der Waals surface area contributed by atoms with E-state index in [1.807, 2.05) is 55.5 Å². The van der Waals surface area contributed by atoms with Crippen molar-refractivity contribution in [1.82, 2.24) is 15.5 Å². The van der Waals surface area contributed by atoms with Gasteiger partial charge in [-0.25, -0.2) is 4.79 Å². The van der Waals surface area contributed by atoms with Crippen LogP contribution in [0.15, 0.2) is 60.7 Å². The van der Waals surface area contributed by atoms with Gasteiger partial charge in [0.2, 0.25) is 5.91 Å². The molecule has 0 aliphatic carbocycles. The van der Waals surface area contributed by atoms with Crippen molar-refractivity contribution in [3.05, 3.63) is 71.8 Å². The molecule has 2 N–H and O–H groups in total. The molecule has 2 aromatic rings. The molecule has 1 unspecified atom stereocenters. The molecule has 1 saturated heterocycles. The molecular weight excluding hydrogens is 366 g/mol. The molecule has 0 aromatic heterocycles. The number of amides is 4. The van der Waals surface area contributed by atoms with Crippen molar-refractivity contribution in [3.8, 4) is 0 Å². The number of rotatable bonds is 9. The molecule has 0 spiro atoms. The van der Waals surface area contributed by atoms with Crippen LogP contribution in [0.2, 0.25) is 0 Å². The maximum Gasteiger partial charge on any atom is 0.325 e. The van der Waals surface area contributed by atoms with Crippen LogP contribution < -0.4 is 10.6 Å². The molecule has 2 aromatic carbocycles. The topological polar surface area (TPSA) is 78.5 Å². The maximum absolute atomic E-state index is 12.5. The molecular formula is C23H27N3O3. The third-order valence-corrected chi connectivity index (χ3v) is 5.07. The van der Waals surface area contributed by atoms with E-state index < -0.39 is 12.1 Å². The Morgan fingerprint density at radius 2 is 1.66 bits per heavy atom. The Morgan fingerprint density at radius 3 is 2.31 bits per heavy atom. The highest BCUT2D eigenvalue weighted by atomic mass is 16.2. The molecule has 0 radical (unpaired) electrons. The lowest BCUT2D eigenvalue weighted by atomic mass is 10.1. The Kier molecular flexibility index (Phi) is 7.00. The lowest BCUT2D eigenvalue weighted by molar-refractivity contribution is -0.128. The van der Waals surface area contributed by atoms with Crippen LogP contribution in [0.3, 0.4) is 0 Å². The second kappa shape index (κ2) is 9.87. The second-order valence-electron chi connectivity index (χ2n) is 7.44. The number of nitrogens with one attached hydrogen (secondary N) is 2. The van der Waals surface area contributed by atoms with Gasteiger partial charge >= 0.3 is 6.03 Å². The molecule has 1 fully saturated rings. The summed E-state index contributed by atoms with van der Waals surface area (Å²) in [7, 11) is 0. The van der Waals surface area contributed by atoms with Crippen molar-refractivity contribution in [2.75, 3.05) is 0 Å². The van der Waals surface area contributed by atoms with Crippen molar-refractivity contribution >= 4 is 17.8 Å². The predicted octanol–water partition coefficient (Wildman–Crippen LogP) is 3.02. The maximum atomic E-state index is 12.5. The van der Waals surface area contributed by atoms with Gasteiger partial charge in [0.05, 0.1) is 6.54 Å². The molecule has 1 aliphatic heterocycles. The average Bonchev–Trinajstić information content (AvgIpc) is 3.00. The highest BCUT2D eigenvalue weighted by Crippen LogP contribution is 2.15. The van der Waals surface area contributed by atoms with E-state index in [0.717, 1.165) is 18.4 Å². The molecule has 6 heteroatoms. The number of carbonyl (C=O) groups is 3. The van der Waals surface area contributed by atoms with E-state index in [0.29, 0.717) is 6.42 Å². The van der Waals surface area contributed by atoms with Gasteiger partial charge in [0.15, 0.2) is 0 Å². The Morgan fingerprint density at radius 1 is 1.03 bits per heavy atom. The summed E-state index contributed by atoms with van der Waals surface area (Å²) in [6.07, 6.45) is 2.24. The van der Waals surface area contributed by atoms with Gasteiger partial charge in [-0.3, -0.25) is 14.5 Å². The smallest absolute Gasteiger partial charge is 0.325 e. The first-order valence-electron chi connectivity index (χ1n) is 10.0. The molecule has 4 amide bonds. The fourth-order valence-corrected chi connectivity index (χ4v) is 3.41. The summed E-state index contributed by atoms with van der Waals surface area (Å²) in [5, 5.41) is 5.66. The van der Waals surface area contributed by atoms with Crippen LogP contribution in [0.1, 0.15) is 37.3 Å². The first-order chi connectivity index (χ1) is 14.0. The van der Waals surface area contributed by atoms with Gasteiger partial charge < -0.3 is 10.6 Å². The molecule has 6 nitrogen and oxygen atoms in total. The molecule has 1 aliphatic rings. The van der Waals surface area contributed by atoms with Crippen LogP contribution in [0.5, 0.6) is 0 Å². The zero-order valence-electron chi connectivity index (χ0n) is 16.6. The van der Waals surface area contributed by atoms with Gasteiger partial charge in [-0.15, -0.1) is 0 Å². The Labute approximate surface area is 171 Å². The van der Waals surface area contributed by atoms with E-state index in [1.54, 1.807) is 0 Å². The lowest BCUT2D eigenvalue weighted by Gasteiger charge is -2.15. The second-order valence-corrected chi connectivity index (χ2v) is 7.44. The van der Waals surface area contributed by atoms with E-state index in [2.05, 4.69) is 22.8 Å². The van der Waals surface area contributed by atoms with Crippen molar-refractivity contribution in [1.29, 1.82) is 0 Å². The minimum absolute atomic E-state index is 0.0474. The summed E-state index contributed by atoms with van der Waals surface area (Å²) in [6.45, 7) is 2.22. The number of hydrogen-bond acceptors (Lipinski definition) is 3. The zero-order chi connectivity index (χ0) is 20.6. The first kappa shape index (κ1) is 20.6. The lowest BCUT2D eigenvalue weighted by Crippen LogP contribution is -2.35. The van der Waals surface area contributed by atoms with Gasteiger partial charge in [-0.1, -0.05) is 60.7 Å². The molecule has 152 valence electrons. The largest absolute Gasteiger partial charge is 0.354 e. The zero-order valence-corrected chi connectivity index (χ0v) is 16.6. The number of urea groups is 1. The van der Waals surface area contributed by atoms with Crippen LogP contribution >= 0.6 is 0 Å². The van der Waals surface area contributed by atoms with Crippen molar-refractivity contribution < 1.29 is 14.4 Å². The minimum atomic E-state index is -0.642. The van der Waals surface area contributed by atoms with Gasteiger partial charge in [0.25, 0.3) is 5.91 Å². The Hall–Kier alpha value is -3.15. The van der Waals surface area contributed by atoms with Crippen LogP contribution in [-0.2, 0) is 22.6 Å². The van der Waals surface area contributed by atoms with Gasteiger partial charge in [0, 0.05) is 12.5 Å². The molecule has 2 atom stereocenters. The standard InChI is InChI=1S/C23H27N3O3/c1-17(12-13-18-8-4-2-5-9-18)24-21(27)15-14-20-22(28)26(23(29)25-20)16-19-10-6-3-7-11-19/h2-11,17,20H,12-16H2,1H3,(H,24,27)(H,25,29)/t17?,20-/m0/s1. The molecule has 0 bridgehead atoms. The number of benzene rings is 2. The van der Waals surface area contributed by atoms with Gasteiger partial charge in [-0.2, -0.15) is 0 Å². The highest BCUT2D eigenvalue weighted by Gasteiger charge is 2.37. The highest BCUT2D eigenvalue weighted by molar-refractivity contribution is 6.04. The minimum Gasteiger partial charge on any atom is -0.354 e. The number of aryl methyl sites for hydroxylation is 1. The van der Waals surface area contributed by atoms with E-state index >= 15 is 0 Å². The average molecular weight is 393 g/mol. The number of hydrogen-bond donors (Lipinski definition) is 2. The summed E-state index contributed by atoms with van der Waals surface area (Å²) in [5.41, 5.74) is 2.13. The van der Waals surface area contributed by atoms with Gasteiger partial charge in [0.1, 0.15) is 6.04 Å². The monoisotopic (exact) mass is 393 g/mol. The van der Waals surface area contributed by atoms with Crippen LogP contribution in [0.4, 0.5) is 4.79 Å². The van der Waals surface area contributed by atoms with Crippen molar-refractivity contribution in [2.45, 2.75) is 51.2 Å². The quantitative estimate of drug-likeness (QED) is 0.643. The number of carbonyl (C=O) groups excluding carboxylic acids is 3. The molecule has 3 rings (SSSR count). The Bertz CT molecular complexity index is 839. The number of imide groups is 1.